The second kappa shape index (κ2) is 6.88. The molecule has 0 N–H and O–H groups in total. The number of ether oxygens (including phenoxy) is 1. The summed E-state index contributed by atoms with van der Waals surface area (Å²) in [7, 11) is 0. The topological polar surface area (TPSA) is 26.3 Å². The second-order valence-corrected chi connectivity index (χ2v) is 6.48. The third kappa shape index (κ3) is 3.65. The molecule has 2 aromatic carbocycles. The molecule has 3 rings (SSSR count). The van der Waals surface area contributed by atoms with Crippen molar-refractivity contribution < 1.29 is 9.53 Å². The minimum Gasteiger partial charge on any atom is -0.423 e. The average Bonchev–Trinajstić information content (AvgIpc) is 2.59. The molecule has 24 heavy (non-hydrogen) atoms. The van der Waals surface area contributed by atoms with Gasteiger partial charge in [-0.2, -0.15) is 0 Å². The molecule has 0 spiro atoms. The van der Waals surface area contributed by atoms with Crippen LogP contribution in [0.4, 0.5) is 0 Å². The Morgan fingerprint density at radius 3 is 2.04 bits per heavy atom. The quantitative estimate of drug-likeness (QED) is 0.694. The van der Waals surface area contributed by atoms with E-state index in [1.807, 2.05) is 36.4 Å². The number of esters is 1. The van der Waals surface area contributed by atoms with Gasteiger partial charge in [-0.05, 0) is 54.2 Å². The lowest BCUT2D eigenvalue weighted by Gasteiger charge is -2.18. The van der Waals surface area contributed by atoms with Gasteiger partial charge in [-0.25, -0.2) is 4.79 Å². The zero-order valence-corrected chi connectivity index (χ0v) is 14.3. The highest BCUT2D eigenvalue weighted by Gasteiger charge is 2.16. The van der Waals surface area contributed by atoms with Crippen LogP contribution in [0.2, 0.25) is 0 Å². The van der Waals surface area contributed by atoms with Gasteiger partial charge >= 0.3 is 5.97 Å². The first-order chi connectivity index (χ1) is 11.5. The summed E-state index contributed by atoms with van der Waals surface area (Å²) < 4.78 is 5.49. The largest absolute Gasteiger partial charge is 0.423 e. The van der Waals surface area contributed by atoms with Crippen LogP contribution in [0.1, 0.15) is 29.8 Å². The number of allylic oxidation sites excluding steroid dienone is 3. The Labute approximate surface area is 143 Å². The molecule has 0 saturated heterocycles. The van der Waals surface area contributed by atoms with Crippen molar-refractivity contribution in [3.8, 4) is 11.1 Å². The van der Waals surface area contributed by atoms with Crippen molar-refractivity contribution in [3.63, 3.8) is 0 Å². The maximum Gasteiger partial charge on any atom is 0.343 e. The summed E-state index contributed by atoms with van der Waals surface area (Å²) in [5.74, 6) is 1.17. The van der Waals surface area contributed by atoms with E-state index in [0.29, 0.717) is 23.2 Å². The van der Waals surface area contributed by atoms with E-state index in [2.05, 4.69) is 51.1 Å². The van der Waals surface area contributed by atoms with Crippen LogP contribution in [0.5, 0.6) is 0 Å². The van der Waals surface area contributed by atoms with Gasteiger partial charge in [0, 0.05) is 0 Å². The van der Waals surface area contributed by atoms with Crippen LogP contribution in [-0.4, -0.2) is 5.97 Å². The Hall–Kier alpha value is -2.61. The Morgan fingerprint density at radius 2 is 1.46 bits per heavy atom. The first-order valence-electron chi connectivity index (χ1n) is 8.32. The first kappa shape index (κ1) is 16.3. The lowest BCUT2D eigenvalue weighted by Crippen LogP contribution is -2.11. The highest BCUT2D eigenvalue weighted by molar-refractivity contribution is 5.91. The zero-order chi connectivity index (χ0) is 17.1. The molecule has 0 saturated carbocycles. The molecule has 1 aliphatic rings. The molecule has 0 aromatic heterocycles. The summed E-state index contributed by atoms with van der Waals surface area (Å²) in [4.78, 5) is 12.3. The number of benzene rings is 2. The number of rotatable bonds is 3. The Bertz CT molecular complexity index is 780. The van der Waals surface area contributed by atoms with E-state index in [4.69, 9.17) is 4.74 Å². The van der Waals surface area contributed by atoms with Gasteiger partial charge < -0.3 is 4.74 Å². The van der Waals surface area contributed by atoms with Crippen molar-refractivity contribution in [2.75, 3.05) is 0 Å². The van der Waals surface area contributed by atoms with Crippen LogP contribution in [-0.2, 0) is 4.74 Å². The molecule has 2 heteroatoms. The van der Waals surface area contributed by atoms with E-state index < -0.39 is 0 Å². The molecule has 2 atom stereocenters. The summed E-state index contributed by atoms with van der Waals surface area (Å²) >= 11 is 0. The van der Waals surface area contributed by atoms with E-state index in [9.17, 15) is 4.79 Å². The number of carbonyl (C=O) groups is 1. The van der Waals surface area contributed by atoms with Crippen LogP contribution in [0.15, 0.2) is 72.5 Å². The summed E-state index contributed by atoms with van der Waals surface area (Å²) in [6, 6.07) is 15.9. The third-order valence-electron chi connectivity index (χ3n) is 4.54. The van der Waals surface area contributed by atoms with E-state index in [1.54, 1.807) is 0 Å². The smallest absolute Gasteiger partial charge is 0.343 e. The molecule has 1 aliphatic carbocycles. The SMILES string of the molecule is Cc1ccc(-c2ccc(C(=O)OC3=CC(C)C(C)C=C3)cc2)cc1. The van der Waals surface area contributed by atoms with Crippen LogP contribution in [0.3, 0.4) is 0 Å². The van der Waals surface area contributed by atoms with Crippen LogP contribution < -0.4 is 0 Å². The van der Waals surface area contributed by atoms with Gasteiger partial charge in [0.05, 0.1) is 5.56 Å². The molecule has 122 valence electrons. The normalized spacial score (nSPS) is 19.7. The van der Waals surface area contributed by atoms with E-state index in [1.165, 1.54) is 5.56 Å². The zero-order valence-electron chi connectivity index (χ0n) is 14.3. The molecule has 0 amide bonds. The fraction of sp³-hybridized carbons (Fsp3) is 0.227. The number of aryl methyl sites for hydroxylation is 1. The average molecular weight is 318 g/mol. The van der Waals surface area contributed by atoms with Gasteiger partial charge in [0.2, 0.25) is 0 Å². The number of hydrogen-bond donors (Lipinski definition) is 0. The number of hydrogen-bond acceptors (Lipinski definition) is 2. The third-order valence-corrected chi connectivity index (χ3v) is 4.54. The Morgan fingerprint density at radius 1 is 0.875 bits per heavy atom. The van der Waals surface area contributed by atoms with Crippen molar-refractivity contribution in [1.82, 2.24) is 0 Å². The summed E-state index contributed by atoms with van der Waals surface area (Å²) in [6.07, 6.45) is 5.96. The maximum atomic E-state index is 12.3. The summed E-state index contributed by atoms with van der Waals surface area (Å²) in [6.45, 7) is 6.34. The standard InChI is InChI=1S/C22H22O2/c1-15-4-7-18(8-5-15)19-9-11-20(12-10-19)22(23)24-21-13-6-16(2)17(3)14-21/h4-14,16-17H,1-3H3. The number of carbonyl (C=O) groups excluding carboxylic acids is 1. The fourth-order valence-corrected chi connectivity index (χ4v) is 2.67. The highest BCUT2D eigenvalue weighted by Crippen LogP contribution is 2.24. The van der Waals surface area contributed by atoms with Gasteiger partial charge in [-0.3, -0.25) is 0 Å². The van der Waals surface area contributed by atoms with Crippen molar-refractivity contribution >= 4 is 5.97 Å². The minimum absolute atomic E-state index is 0.317. The van der Waals surface area contributed by atoms with Crippen LogP contribution in [0.25, 0.3) is 11.1 Å². The van der Waals surface area contributed by atoms with Gasteiger partial charge in [0.15, 0.2) is 0 Å². The van der Waals surface area contributed by atoms with E-state index in [0.717, 1.165) is 11.1 Å². The van der Waals surface area contributed by atoms with Crippen molar-refractivity contribution in [2.45, 2.75) is 20.8 Å². The Kier molecular flexibility index (Phi) is 4.66. The van der Waals surface area contributed by atoms with E-state index in [-0.39, 0.29) is 5.97 Å². The second-order valence-electron chi connectivity index (χ2n) is 6.48. The fourth-order valence-electron chi connectivity index (χ4n) is 2.67. The summed E-state index contributed by atoms with van der Waals surface area (Å²) in [5.41, 5.74) is 4.02. The van der Waals surface area contributed by atoms with Gasteiger partial charge in [0.1, 0.15) is 5.76 Å². The lowest BCUT2D eigenvalue weighted by atomic mass is 9.91. The van der Waals surface area contributed by atoms with Crippen molar-refractivity contribution in [2.24, 2.45) is 11.8 Å². The molecule has 2 unspecified atom stereocenters. The predicted molar refractivity (Wildman–Crippen MR) is 97.6 cm³/mol. The first-order valence-corrected chi connectivity index (χ1v) is 8.32. The van der Waals surface area contributed by atoms with Crippen molar-refractivity contribution in [1.29, 1.82) is 0 Å². The molecule has 0 heterocycles. The van der Waals surface area contributed by atoms with Crippen LogP contribution >= 0.6 is 0 Å². The molecule has 0 radical (unpaired) electrons. The van der Waals surface area contributed by atoms with Gasteiger partial charge in [-0.15, -0.1) is 0 Å². The monoisotopic (exact) mass is 318 g/mol. The maximum absolute atomic E-state index is 12.3. The van der Waals surface area contributed by atoms with Crippen molar-refractivity contribution in [3.05, 3.63) is 83.6 Å². The Balaban J connectivity index is 1.71. The van der Waals surface area contributed by atoms with Gasteiger partial charge in [0.25, 0.3) is 0 Å². The lowest BCUT2D eigenvalue weighted by molar-refractivity contribution is 0.0633. The van der Waals surface area contributed by atoms with Crippen LogP contribution in [0, 0.1) is 18.8 Å². The summed E-state index contributed by atoms with van der Waals surface area (Å²) in [5, 5.41) is 0. The van der Waals surface area contributed by atoms with E-state index >= 15 is 0 Å². The highest BCUT2D eigenvalue weighted by atomic mass is 16.5. The minimum atomic E-state index is -0.317. The molecule has 0 aliphatic heterocycles. The van der Waals surface area contributed by atoms with Gasteiger partial charge in [-0.1, -0.05) is 61.9 Å². The molecule has 0 fully saturated rings. The predicted octanol–water partition coefficient (Wildman–Crippen LogP) is 5.54. The molecule has 2 aromatic rings. The molecule has 0 bridgehead atoms. The molecular weight excluding hydrogens is 296 g/mol. The molecular formula is C22H22O2. The molecule has 2 nitrogen and oxygen atoms in total.